The lowest BCUT2D eigenvalue weighted by Crippen LogP contribution is -2.51. The molecule has 0 aromatic rings. The minimum Gasteiger partial charge on any atom is -0.314 e. The molecule has 0 radical (unpaired) electrons. The highest BCUT2D eigenvalue weighted by Gasteiger charge is 2.28. The van der Waals surface area contributed by atoms with Crippen LogP contribution >= 0.6 is 0 Å². The number of nitrogens with zero attached hydrogens (tertiary/aromatic N) is 3. The maximum Gasteiger partial charge on any atom is 0.303 e. The molecule has 0 spiro atoms. The highest BCUT2D eigenvalue weighted by Crippen LogP contribution is 2.13. The molecular formula is C12H22N4O2. The van der Waals surface area contributed by atoms with Gasteiger partial charge in [-0.3, -0.25) is 9.69 Å². The molecule has 0 bridgehead atoms. The third-order valence-corrected chi connectivity index (χ3v) is 3.88. The van der Waals surface area contributed by atoms with Gasteiger partial charge in [-0.25, -0.2) is 0 Å². The van der Waals surface area contributed by atoms with Crippen LogP contribution in [0.25, 0.3) is 0 Å². The van der Waals surface area contributed by atoms with Crippen LogP contribution in [-0.2, 0) is 4.79 Å². The molecule has 0 aromatic heterocycles. The molecule has 6 nitrogen and oxygen atoms in total. The molecule has 1 N–H and O–H groups in total. The largest absolute Gasteiger partial charge is 0.314 e. The van der Waals surface area contributed by atoms with Crippen LogP contribution in [0.5, 0.6) is 0 Å². The number of nitrogens with one attached hydrogen (secondary N) is 1. The number of hydrogen-bond donors (Lipinski definition) is 1. The van der Waals surface area contributed by atoms with Gasteiger partial charge in [0.15, 0.2) is 0 Å². The van der Waals surface area contributed by atoms with Crippen molar-refractivity contribution in [3.63, 3.8) is 0 Å². The Morgan fingerprint density at radius 2 is 1.83 bits per heavy atom. The van der Waals surface area contributed by atoms with Crippen LogP contribution < -0.4 is 5.32 Å². The van der Waals surface area contributed by atoms with Crippen molar-refractivity contribution in [3.8, 4) is 0 Å². The first-order valence-corrected chi connectivity index (χ1v) is 6.85. The summed E-state index contributed by atoms with van der Waals surface area (Å²) in [5.41, 5.74) is 0. The molecule has 0 aromatic carbocycles. The fourth-order valence-electron chi connectivity index (χ4n) is 2.83. The lowest BCUT2D eigenvalue weighted by atomic mass is 10.1. The Morgan fingerprint density at radius 3 is 2.44 bits per heavy atom. The van der Waals surface area contributed by atoms with E-state index < -0.39 is 5.91 Å². The third-order valence-electron chi connectivity index (χ3n) is 3.88. The smallest absolute Gasteiger partial charge is 0.303 e. The Morgan fingerprint density at radius 1 is 1.17 bits per heavy atom. The quantitative estimate of drug-likeness (QED) is 0.702. The fourth-order valence-corrected chi connectivity index (χ4v) is 2.83. The molecule has 2 heterocycles. The van der Waals surface area contributed by atoms with Crippen LogP contribution in [0.15, 0.2) is 5.18 Å². The van der Waals surface area contributed by atoms with Crippen molar-refractivity contribution in [2.24, 2.45) is 5.18 Å². The van der Waals surface area contributed by atoms with E-state index in [1.54, 1.807) is 0 Å². The Kier molecular flexibility index (Phi) is 5.22. The zero-order chi connectivity index (χ0) is 12.8. The van der Waals surface area contributed by atoms with E-state index in [-0.39, 0.29) is 6.04 Å². The first-order chi connectivity index (χ1) is 8.81. The lowest BCUT2D eigenvalue weighted by Gasteiger charge is -2.33. The van der Waals surface area contributed by atoms with E-state index in [0.717, 1.165) is 52.2 Å². The van der Waals surface area contributed by atoms with Crippen molar-refractivity contribution in [1.82, 2.24) is 15.1 Å². The maximum absolute atomic E-state index is 11.7. The highest BCUT2D eigenvalue weighted by molar-refractivity contribution is 5.82. The second-order valence-corrected chi connectivity index (χ2v) is 5.07. The molecule has 6 heteroatoms. The van der Waals surface area contributed by atoms with Crippen LogP contribution in [-0.4, -0.2) is 67.6 Å². The van der Waals surface area contributed by atoms with Gasteiger partial charge < -0.3 is 10.2 Å². The van der Waals surface area contributed by atoms with E-state index in [2.05, 4.69) is 20.3 Å². The van der Waals surface area contributed by atoms with Crippen LogP contribution in [0.3, 0.4) is 0 Å². The average molecular weight is 254 g/mol. The number of nitroso groups, excluding NO2 is 1. The summed E-state index contributed by atoms with van der Waals surface area (Å²) in [6, 6.07) is -0.315. The number of hydrogen-bond acceptors (Lipinski definition) is 5. The summed E-state index contributed by atoms with van der Waals surface area (Å²) in [7, 11) is 0. The maximum atomic E-state index is 11.7. The van der Waals surface area contributed by atoms with E-state index >= 15 is 0 Å². The van der Waals surface area contributed by atoms with Gasteiger partial charge in [-0.15, -0.1) is 4.91 Å². The van der Waals surface area contributed by atoms with Gasteiger partial charge in [0.25, 0.3) is 0 Å². The molecule has 2 saturated heterocycles. The summed E-state index contributed by atoms with van der Waals surface area (Å²) < 4.78 is 0. The number of carbonyl (C=O) groups excluding carboxylic acids is 1. The van der Waals surface area contributed by atoms with Crippen LogP contribution in [0.2, 0.25) is 0 Å². The van der Waals surface area contributed by atoms with Gasteiger partial charge in [-0.1, -0.05) is 0 Å². The molecular weight excluding hydrogens is 232 g/mol. The van der Waals surface area contributed by atoms with Gasteiger partial charge in [-0.05, 0) is 32.4 Å². The van der Waals surface area contributed by atoms with Gasteiger partial charge in [-0.2, -0.15) is 0 Å². The molecule has 102 valence electrons. The van der Waals surface area contributed by atoms with Crippen molar-refractivity contribution in [2.75, 3.05) is 45.8 Å². The number of likely N-dealkylation sites (tertiary alicyclic amines) is 1. The lowest BCUT2D eigenvalue weighted by molar-refractivity contribution is -0.123. The molecule has 0 saturated carbocycles. The average Bonchev–Trinajstić information content (AvgIpc) is 2.93. The van der Waals surface area contributed by atoms with E-state index in [0.29, 0.717) is 0 Å². The number of rotatable bonds is 5. The minimum absolute atomic E-state index is 0.315. The second-order valence-electron chi connectivity index (χ2n) is 5.07. The molecule has 1 amide bonds. The highest BCUT2D eigenvalue weighted by atomic mass is 16.3. The van der Waals surface area contributed by atoms with Gasteiger partial charge in [0.05, 0.1) is 6.04 Å². The molecule has 18 heavy (non-hydrogen) atoms. The van der Waals surface area contributed by atoms with Gasteiger partial charge in [0.2, 0.25) is 0 Å². The van der Waals surface area contributed by atoms with Crippen molar-refractivity contribution in [2.45, 2.75) is 25.3 Å². The second kappa shape index (κ2) is 6.92. The SMILES string of the molecule is O=NC(=O)C(CCN1CCCC1)N1CCNCC1. The normalized spacial score (nSPS) is 24.0. The van der Waals surface area contributed by atoms with Crippen LogP contribution in [0, 0.1) is 4.91 Å². The summed E-state index contributed by atoms with van der Waals surface area (Å²) in [5, 5.41) is 5.89. The van der Waals surface area contributed by atoms with Gasteiger partial charge >= 0.3 is 5.91 Å². The van der Waals surface area contributed by atoms with Crippen molar-refractivity contribution >= 4 is 5.91 Å². The van der Waals surface area contributed by atoms with Gasteiger partial charge in [0, 0.05) is 37.9 Å². The molecule has 2 aliphatic heterocycles. The predicted octanol–water partition coefficient (Wildman–Crippen LogP) is 0.0391. The van der Waals surface area contributed by atoms with E-state index in [1.807, 2.05) is 0 Å². The van der Waals surface area contributed by atoms with Crippen molar-refractivity contribution in [3.05, 3.63) is 4.91 Å². The fraction of sp³-hybridized carbons (Fsp3) is 0.917. The Bertz CT molecular complexity index is 286. The molecule has 1 unspecified atom stereocenters. The molecule has 2 rings (SSSR count). The minimum atomic E-state index is -0.504. The van der Waals surface area contributed by atoms with E-state index in [4.69, 9.17) is 0 Å². The van der Waals surface area contributed by atoms with Crippen molar-refractivity contribution in [1.29, 1.82) is 0 Å². The van der Waals surface area contributed by atoms with E-state index in [1.165, 1.54) is 12.8 Å². The summed E-state index contributed by atoms with van der Waals surface area (Å²) in [6.45, 7) is 6.56. The first kappa shape index (κ1) is 13.6. The molecule has 1 atom stereocenters. The zero-order valence-electron chi connectivity index (χ0n) is 10.8. The van der Waals surface area contributed by atoms with Crippen LogP contribution in [0.1, 0.15) is 19.3 Å². The third kappa shape index (κ3) is 3.57. The van der Waals surface area contributed by atoms with Crippen molar-refractivity contribution < 1.29 is 4.79 Å². The molecule has 0 aliphatic carbocycles. The summed E-state index contributed by atoms with van der Waals surface area (Å²) in [5.74, 6) is -0.504. The number of piperazine rings is 1. The number of carbonyl (C=O) groups is 1. The topological polar surface area (TPSA) is 65.0 Å². The zero-order valence-corrected chi connectivity index (χ0v) is 10.8. The van der Waals surface area contributed by atoms with E-state index in [9.17, 15) is 9.70 Å². The molecule has 2 aliphatic rings. The monoisotopic (exact) mass is 254 g/mol. The Hall–Kier alpha value is -0.850. The summed E-state index contributed by atoms with van der Waals surface area (Å²) >= 11 is 0. The summed E-state index contributed by atoms with van der Waals surface area (Å²) in [4.78, 5) is 26.6. The van der Waals surface area contributed by atoms with Crippen LogP contribution in [0.4, 0.5) is 0 Å². The molecule has 2 fully saturated rings. The van der Waals surface area contributed by atoms with Gasteiger partial charge in [0.1, 0.15) is 0 Å². The Balaban J connectivity index is 1.86. The predicted molar refractivity (Wildman–Crippen MR) is 69.3 cm³/mol. The Labute approximate surface area is 108 Å². The first-order valence-electron chi connectivity index (χ1n) is 6.85. The number of amides is 1. The standard InChI is InChI=1S/C12H22N4O2/c17-12(14-18)11(16-9-4-13-5-10-16)3-8-15-6-1-2-7-15/h11,13H,1-10H2. The summed E-state index contributed by atoms with van der Waals surface area (Å²) in [6.07, 6.45) is 3.22.